The van der Waals surface area contributed by atoms with E-state index in [1.807, 2.05) is 58.9 Å². The molecule has 30 heavy (non-hydrogen) atoms. The Balaban J connectivity index is 1.28. The van der Waals surface area contributed by atoms with Crippen molar-refractivity contribution in [1.29, 1.82) is 0 Å². The van der Waals surface area contributed by atoms with Crippen molar-refractivity contribution >= 4 is 22.4 Å². The third-order valence-corrected chi connectivity index (χ3v) is 6.17. The highest BCUT2D eigenvalue weighted by Crippen LogP contribution is 2.41. The monoisotopic (exact) mass is 414 g/mol. The first-order valence-corrected chi connectivity index (χ1v) is 11.0. The molecule has 0 radical (unpaired) electrons. The Hall–Kier alpha value is -3.25. The van der Waals surface area contributed by atoms with Crippen LogP contribution in [0.4, 0.5) is 5.13 Å². The lowest BCUT2D eigenvalue weighted by Gasteiger charge is -2.12. The topological polar surface area (TPSA) is 59.8 Å². The number of anilines is 1. The summed E-state index contributed by atoms with van der Waals surface area (Å²) in [5.74, 6) is 0.488. The molecule has 1 saturated carbocycles. The lowest BCUT2D eigenvalue weighted by Crippen LogP contribution is -2.17. The van der Waals surface area contributed by atoms with Gasteiger partial charge in [-0.05, 0) is 53.6 Å². The van der Waals surface area contributed by atoms with Crippen LogP contribution in [0.25, 0.3) is 0 Å². The van der Waals surface area contributed by atoms with Gasteiger partial charge in [0.1, 0.15) is 5.69 Å². The van der Waals surface area contributed by atoms with Gasteiger partial charge in [0.2, 0.25) is 0 Å². The van der Waals surface area contributed by atoms with Gasteiger partial charge in [-0.25, -0.2) is 4.98 Å². The summed E-state index contributed by atoms with van der Waals surface area (Å²) in [6, 6.07) is 16.0. The van der Waals surface area contributed by atoms with Crippen LogP contribution in [0, 0.1) is 0 Å². The zero-order valence-corrected chi connectivity index (χ0v) is 17.3. The van der Waals surface area contributed by atoms with Gasteiger partial charge >= 0.3 is 0 Å². The molecule has 4 aromatic rings. The third kappa shape index (κ3) is 4.19. The zero-order chi connectivity index (χ0) is 20.3. The van der Waals surface area contributed by atoms with Crippen LogP contribution >= 0.6 is 11.3 Å². The molecule has 3 heterocycles. The Morgan fingerprint density at radius 2 is 2.00 bits per heavy atom. The van der Waals surface area contributed by atoms with Crippen molar-refractivity contribution in [3.8, 4) is 0 Å². The first-order chi connectivity index (χ1) is 14.8. The van der Waals surface area contributed by atoms with E-state index in [0.717, 1.165) is 12.1 Å². The number of nitrogens with one attached hydrogen (secondary N) is 1. The number of benzene rings is 1. The molecule has 0 atom stereocenters. The average Bonchev–Trinajstić information content (AvgIpc) is 3.35. The predicted octanol–water partition coefficient (Wildman–Crippen LogP) is 5.11. The van der Waals surface area contributed by atoms with E-state index < -0.39 is 0 Å². The summed E-state index contributed by atoms with van der Waals surface area (Å²) in [5, 5.41) is 5.59. The van der Waals surface area contributed by atoms with E-state index >= 15 is 0 Å². The minimum atomic E-state index is -0.136. The van der Waals surface area contributed by atoms with Gasteiger partial charge in [0.05, 0.1) is 5.69 Å². The number of carbonyl (C=O) groups is 1. The van der Waals surface area contributed by atoms with Crippen LogP contribution in [-0.2, 0) is 13.0 Å². The molecule has 1 N–H and O–H groups in total. The highest BCUT2D eigenvalue weighted by atomic mass is 32.1. The molecule has 0 unspecified atom stereocenters. The van der Waals surface area contributed by atoms with Crippen LogP contribution in [0.5, 0.6) is 0 Å². The maximum absolute atomic E-state index is 12.9. The van der Waals surface area contributed by atoms with E-state index in [2.05, 4.69) is 33.5 Å². The quantitative estimate of drug-likeness (QED) is 0.457. The van der Waals surface area contributed by atoms with Gasteiger partial charge in [0.25, 0.3) is 5.91 Å². The Morgan fingerprint density at radius 3 is 2.83 bits per heavy atom. The van der Waals surface area contributed by atoms with E-state index in [1.165, 1.54) is 40.9 Å². The Kier molecular flexibility index (Phi) is 5.15. The Labute approximate surface area is 179 Å². The number of pyridine rings is 1. The van der Waals surface area contributed by atoms with Gasteiger partial charge in [-0.2, -0.15) is 0 Å². The van der Waals surface area contributed by atoms with Crippen molar-refractivity contribution in [3.63, 3.8) is 0 Å². The molecule has 0 saturated heterocycles. The fourth-order valence-corrected chi connectivity index (χ4v) is 4.40. The molecular weight excluding hydrogens is 392 g/mol. The fourth-order valence-electron chi connectivity index (χ4n) is 3.69. The van der Waals surface area contributed by atoms with Gasteiger partial charge in [0, 0.05) is 36.9 Å². The first-order valence-electron chi connectivity index (χ1n) is 10.1. The van der Waals surface area contributed by atoms with Crippen LogP contribution in [0.1, 0.15) is 51.6 Å². The summed E-state index contributed by atoms with van der Waals surface area (Å²) in [7, 11) is 0. The maximum Gasteiger partial charge on any atom is 0.274 e. The molecular formula is C24H22N4OS. The van der Waals surface area contributed by atoms with Gasteiger partial charge in [-0.1, -0.05) is 30.3 Å². The highest BCUT2D eigenvalue weighted by Gasteiger charge is 2.26. The minimum Gasteiger partial charge on any atom is -0.339 e. The lowest BCUT2D eigenvalue weighted by atomic mass is 10.1. The van der Waals surface area contributed by atoms with Crippen LogP contribution in [-0.4, -0.2) is 20.4 Å². The average molecular weight is 415 g/mol. The van der Waals surface area contributed by atoms with Crippen molar-refractivity contribution in [2.24, 2.45) is 0 Å². The molecule has 1 fully saturated rings. The number of rotatable bonds is 7. The van der Waals surface area contributed by atoms with E-state index in [0.29, 0.717) is 23.3 Å². The van der Waals surface area contributed by atoms with E-state index in [1.54, 1.807) is 0 Å². The molecule has 1 aliphatic carbocycles. The van der Waals surface area contributed by atoms with Crippen molar-refractivity contribution in [2.45, 2.75) is 31.7 Å². The molecule has 0 aliphatic heterocycles. The van der Waals surface area contributed by atoms with Crippen LogP contribution in [0.15, 0.2) is 72.5 Å². The normalized spacial score (nSPS) is 13.3. The molecule has 5 nitrogen and oxygen atoms in total. The number of aromatic nitrogens is 3. The summed E-state index contributed by atoms with van der Waals surface area (Å²) in [5.41, 5.74) is 5.34. The molecule has 6 heteroatoms. The number of hydrogen-bond acceptors (Lipinski definition) is 4. The van der Waals surface area contributed by atoms with Gasteiger partial charge in [-0.3, -0.25) is 15.1 Å². The third-order valence-electron chi connectivity index (χ3n) is 5.37. The smallest absolute Gasteiger partial charge is 0.274 e. The highest BCUT2D eigenvalue weighted by molar-refractivity contribution is 7.14. The van der Waals surface area contributed by atoms with Crippen molar-refractivity contribution < 1.29 is 4.79 Å². The fraction of sp³-hybridized carbons (Fsp3) is 0.208. The van der Waals surface area contributed by atoms with Crippen LogP contribution in [0.2, 0.25) is 0 Å². The summed E-state index contributed by atoms with van der Waals surface area (Å²) in [4.78, 5) is 21.8. The Bertz CT molecular complexity index is 1160. The summed E-state index contributed by atoms with van der Waals surface area (Å²) >= 11 is 1.46. The second kappa shape index (κ2) is 8.24. The molecule has 1 aromatic carbocycles. The number of thiazole rings is 1. The van der Waals surface area contributed by atoms with Crippen LogP contribution in [0.3, 0.4) is 0 Å². The standard InChI is InChI=1S/C24H22N4OS/c29-23(27-24-26-20(16-30-24)13-17-5-2-1-3-6-17)22-7-4-12-28(22)15-19-10-11-25-14-21(19)18-8-9-18/h1-7,10-12,14,16,18H,8-9,13,15H2,(H,26,27,29). The minimum absolute atomic E-state index is 0.136. The largest absolute Gasteiger partial charge is 0.339 e. The molecule has 1 aliphatic rings. The van der Waals surface area contributed by atoms with E-state index in [9.17, 15) is 4.79 Å². The molecule has 3 aromatic heterocycles. The molecule has 0 bridgehead atoms. The number of nitrogens with zero attached hydrogens (tertiary/aromatic N) is 3. The van der Waals surface area contributed by atoms with Gasteiger partial charge < -0.3 is 4.57 Å². The SMILES string of the molecule is O=C(Nc1nc(Cc2ccccc2)cs1)c1cccn1Cc1ccncc1C1CC1. The molecule has 1 amide bonds. The number of amides is 1. The molecule has 0 spiro atoms. The maximum atomic E-state index is 12.9. The first kappa shape index (κ1) is 18.8. The predicted molar refractivity (Wildman–Crippen MR) is 119 cm³/mol. The van der Waals surface area contributed by atoms with Gasteiger partial charge in [-0.15, -0.1) is 11.3 Å². The van der Waals surface area contributed by atoms with Crippen LogP contribution < -0.4 is 5.32 Å². The molecule has 150 valence electrons. The second-order valence-electron chi connectivity index (χ2n) is 7.63. The molecule has 5 rings (SSSR count). The van der Waals surface area contributed by atoms with Crippen molar-refractivity contribution in [2.75, 3.05) is 5.32 Å². The second-order valence-corrected chi connectivity index (χ2v) is 8.49. The summed E-state index contributed by atoms with van der Waals surface area (Å²) in [6.07, 6.45) is 8.97. The van der Waals surface area contributed by atoms with Crippen molar-refractivity contribution in [3.05, 3.63) is 101 Å². The van der Waals surface area contributed by atoms with E-state index in [-0.39, 0.29) is 5.91 Å². The number of carbonyl (C=O) groups excluding carboxylic acids is 1. The summed E-state index contributed by atoms with van der Waals surface area (Å²) in [6.45, 7) is 0.668. The van der Waals surface area contributed by atoms with E-state index in [4.69, 9.17) is 0 Å². The Morgan fingerprint density at radius 1 is 1.13 bits per heavy atom. The lowest BCUT2D eigenvalue weighted by molar-refractivity contribution is 0.101. The summed E-state index contributed by atoms with van der Waals surface area (Å²) < 4.78 is 2.00. The zero-order valence-electron chi connectivity index (χ0n) is 16.5. The van der Waals surface area contributed by atoms with Crippen molar-refractivity contribution in [1.82, 2.24) is 14.5 Å². The van der Waals surface area contributed by atoms with Gasteiger partial charge in [0.15, 0.2) is 5.13 Å². The number of hydrogen-bond donors (Lipinski definition) is 1.